The number of aryl methyl sites for hydroxylation is 2. The number of nitrogens with zero attached hydrogens (tertiary/aromatic N) is 2. The highest BCUT2D eigenvalue weighted by atomic mass is 79.9. The molecule has 0 aliphatic rings. The molecule has 0 aliphatic heterocycles. The van der Waals surface area contributed by atoms with Crippen molar-refractivity contribution in [1.29, 1.82) is 0 Å². The lowest BCUT2D eigenvalue weighted by Crippen LogP contribution is -2.15. The number of aromatic nitrogens is 2. The lowest BCUT2D eigenvalue weighted by molar-refractivity contribution is 0.610. The van der Waals surface area contributed by atoms with Crippen LogP contribution in [0.5, 0.6) is 0 Å². The van der Waals surface area contributed by atoms with Gasteiger partial charge in [-0.05, 0) is 40.9 Å². The Hall–Kier alpha value is -0.910. The minimum atomic E-state index is -0.342. The number of nitrogens with two attached hydrogens (primary N) is 1. The van der Waals surface area contributed by atoms with Crippen molar-refractivity contribution in [3.8, 4) is 0 Å². The fourth-order valence-corrected chi connectivity index (χ4v) is 2.85. The van der Waals surface area contributed by atoms with Gasteiger partial charge in [0.05, 0.1) is 10.2 Å². The molecule has 0 saturated heterocycles. The maximum atomic E-state index is 13.5. The van der Waals surface area contributed by atoms with Crippen molar-refractivity contribution in [2.45, 2.75) is 19.4 Å². The highest BCUT2D eigenvalue weighted by molar-refractivity contribution is 9.10. The van der Waals surface area contributed by atoms with Crippen LogP contribution in [0.15, 0.2) is 22.7 Å². The summed E-state index contributed by atoms with van der Waals surface area (Å²) in [4.78, 5) is 0. The molecule has 0 amide bonds. The van der Waals surface area contributed by atoms with Crippen molar-refractivity contribution in [3.05, 3.63) is 50.5 Å². The third-order valence-electron chi connectivity index (χ3n) is 3.07. The number of halogens is 3. The molecule has 0 bridgehead atoms. The Morgan fingerprint density at radius 2 is 2.21 bits per heavy atom. The molecule has 1 atom stereocenters. The SMILES string of the molecule is Cc1nn(C)c(Cl)c1CC(N)c1cccc(F)c1Br. The zero-order valence-corrected chi connectivity index (χ0v) is 13.0. The van der Waals surface area contributed by atoms with E-state index in [-0.39, 0.29) is 11.9 Å². The second-order valence-corrected chi connectivity index (χ2v) is 5.58. The average Bonchev–Trinajstić information content (AvgIpc) is 2.59. The summed E-state index contributed by atoms with van der Waals surface area (Å²) < 4.78 is 15.5. The standard InChI is InChI=1S/C13H14BrClFN3/c1-7-9(13(15)19(2)18-7)6-11(17)8-4-3-5-10(16)12(8)14/h3-5,11H,6,17H2,1-2H3. The predicted molar refractivity (Wildman–Crippen MR) is 77.7 cm³/mol. The van der Waals surface area contributed by atoms with E-state index in [1.807, 2.05) is 6.92 Å². The first kappa shape index (κ1) is 14.5. The first-order chi connectivity index (χ1) is 8.91. The van der Waals surface area contributed by atoms with Crippen LogP contribution < -0.4 is 5.73 Å². The van der Waals surface area contributed by atoms with Gasteiger partial charge >= 0.3 is 0 Å². The number of hydrogen-bond donors (Lipinski definition) is 1. The van der Waals surface area contributed by atoms with Gasteiger partial charge in [-0.2, -0.15) is 5.10 Å². The van der Waals surface area contributed by atoms with Crippen LogP contribution in [-0.4, -0.2) is 9.78 Å². The maximum Gasteiger partial charge on any atom is 0.137 e. The second kappa shape index (κ2) is 5.61. The molecule has 19 heavy (non-hydrogen) atoms. The van der Waals surface area contributed by atoms with Crippen LogP contribution in [0, 0.1) is 12.7 Å². The van der Waals surface area contributed by atoms with Gasteiger partial charge in [-0.1, -0.05) is 23.7 Å². The van der Waals surface area contributed by atoms with Crippen LogP contribution in [-0.2, 0) is 13.5 Å². The third kappa shape index (κ3) is 2.83. The van der Waals surface area contributed by atoms with Gasteiger partial charge in [0.25, 0.3) is 0 Å². The number of rotatable bonds is 3. The Labute approximate surface area is 124 Å². The van der Waals surface area contributed by atoms with Crippen molar-refractivity contribution in [1.82, 2.24) is 9.78 Å². The Balaban J connectivity index is 2.31. The predicted octanol–water partition coefficient (Wildman–Crippen LogP) is 3.53. The summed E-state index contributed by atoms with van der Waals surface area (Å²) >= 11 is 9.40. The van der Waals surface area contributed by atoms with E-state index in [0.717, 1.165) is 16.8 Å². The molecule has 1 aromatic heterocycles. The zero-order chi connectivity index (χ0) is 14.2. The smallest absolute Gasteiger partial charge is 0.137 e. The second-order valence-electron chi connectivity index (χ2n) is 4.43. The van der Waals surface area contributed by atoms with Crippen LogP contribution >= 0.6 is 27.5 Å². The molecule has 2 aromatic rings. The zero-order valence-electron chi connectivity index (χ0n) is 10.6. The van der Waals surface area contributed by atoms with Crippen molar-refractivity contribution in [3.63, 3.8) is 0 Å². The topological polar surface area (TPSA) is 43.8 Å². The minimum absolute atomic E-state index is 0.318. The van der Waals surface area contributed by atoms with Gasteiger partial charge in [0.15, 0.2) is 0 Å². The van der Waals surface area contributed by atoms with Gasteiger partial charge < -0.3 is 5.73 Å². The van der Waals surface area contributed by atoms with Gasteiger partial charge in [-0.15, -0.1) is 0 Å². The van der Waals surface area contributed by atoms with E-state index in [4.69, 9.17) is 17.3 Å². The molecule has 2 rings (SSSR count). The van der Waals surface area contributed by atoms with Crippen LogP contribution in [0.1, 0.15) is 22.9 Å². The summed E-state index contributed by atoms with van der Waals surface area (Å²) in [6.07, 6.45) is 0.514. The molecule has 102 valence electrons. The lowest BCUT2D eigenvalue weighted by atomic mass is 10.00. The van der Waals surface area contributed by atoms with E-state index < -0.39 is 0 Å². The Kier molecular flexibility index (Phi) is 4.28. The molecule has 1 aromatic carbocycles. The summed E-state index contributed by atoms with van der Waals surface area (Å²) in [6, 6.07) is 4.50. The molecule has 1 unspecified atom stereocenters. The van der Waals surface area contributed by atoms with E-state index in [9.17, 15) is 4.39 Å². The van der Waals surface area contributed by atoms with Gasteiger partial charge in [0.1, 0.15) is 11.0 Å². The fourth-order valence-electron chi connectivity index (χ4n) is 2.04. The van der Waals surface area contributed by atoms with E-state index in [1.165, 1.54) is 6.07 Å². The van der Waals surface area contributed by atoms with E-state index in [1.54, 1.807) is 23.9 Å². The van der Waals surface area contributed by atoms with E-state index >= 15 is 0 Å². The highest BCUT2D eigenvalue weighted by Gasteiger charge is 2.18. The average molecular weight is 347 g/mol. The molecule has 0 radical (unpaired) electrons. The molecule has 0 spiro atoms. The number of benzene rings is 1. The molecular weight excluding hydrogens is 333 g/mol. The quantitative estimate of drug-likeness (QED) is 0.924. The summed E-state index contributed by atoms with van der Waals surface area (Å²) in [5, 5.41) is 4.81. The fraction of sp³-hybridized carbons (Fsp3) is 0.308. The van der Waals surface area contributed by atoms with Crippen LogP contribution in [0.4, 0.5) is 4.39 Å². The minimum Gasteiger partial charge on any atom is -0.324 e. The first-order valence-corrected chi connectivity index (χ1v) is 6.96. The molecule has 0 fully saturated rings. The van der Waals surface area contributed by atoms with Crippen LogP contribution in [0.2, 0.25) is 5.15 Å². The van der Waals surface area contributed by atoms with E-state index in [0.29, 0.717) is 16.0 Å². The van der Waals surface area contributed by atoms with Gasteiger partial charge in [0, 0.05) is 18.7 Å². The summed E-state index contributed by atoms with van der Waals surface area (Å²) in [5.74, 6) is -0.318. The highest BCUT2D eigenvalue weighted by Crippen LogP contribution is 2.29. The lowest BCUT2D eigenvalue weighted by Gasteiger charge is -2.14. The molecular formula is C13H14BrClFN3. The van der Waals surface area contributed by atoms with Crippen molar-refractivity contribution < 1.29 is 4.39 Å². The van der Waals surface area contributed by atoms with Crippen LogP contribution in [0.3, 0.4) is 0 Å². The molecule has 0 saturated carbocycles. The molecule has 2 N–H and O–H groups in total. The van der Waals surface area contributed by atoms with Crippen molar-refractivity contribution in [2.24, 2.45) is 12.8 Å². The largest absolute Gasteiger partial charge is 0.324 e. The molecule has 3 nitrogen and oxygen atoms in total. The third-order valence-corrected chi connectivity index (χ3v) is 4.38. The van der Waals surface area contributed by atoms with Gasteiger partial charge in [-0.3, -0.25) is 4.68 Å². The van der Waals surface area contributed by atoms with Crippen LogP contribution in [0.25, 0.3) is 0 Å². The molecule has 6 heteroatoms. The van der Waals surface area contributed by atoms with Gasteiger partial charge in [-0.25, -0.2) is 4.39 Å². The maximum absolute atomic E-state index is 13.5. The number of hydrogen-bond acceptors (Lipinski definition) is 2. The van der Waals surface area contributed by atoms with Gasteiger partial charge in [0.2, 0.25) is 0 Å². The summed E-state index contributed by atoms with van der Waals surface area (Å²) in [5.41, 5.74) is 8.61. The molecule has 1 heterocycles. The Bertz CT molecular complexity index is 612. The monoisotopic (exact) mass is 345 g/mol. The normalized spacial score (nSPS) is 12.7. The summed E-state index contributed by atoms with van der Waals surface area (Å²) in [7, 11) is 1.78. The summed E-state index contributed by atoms with van der Waals surface area (Å²) in [6.45, 7) is 1.88. The van der Waals surface area contributed by atoms with Crippen molar-refractivity contribution >= 4 is 27.5 Å². The van der Waals surface area contributed by atoms with Crippen molar-refractivity contribution in [2.75, 3.05) is 0 Å². The Morgan fingerprint density at radius 3 is 2.79 bits per heavy atom. The Morgan fingerprint density at radius 1 is 1.53 bits per heavy atom. The molecule has 0 aliphatic carbocycles. The first-order valence-electron chi connectivity index (χ1n) is 5.79. The van der Waals surface area contributed by atoms with E-state index in [2.05, 4.69) is 21.0 Å².